The molecule has 0 aromatic heterocycles. The minimum atomic E-state index is -0.338. The zero-order valence-electron chi connectivity index (χ0n) is 42.4. The molecule has 1 nitrogen and oxygen atoms in total. The van der Waals surface area contributed by atoms with Crippen molar-refractivity contribution in [3.05, 3.63) is 273 Å². The van der Waals surface area contributed by atoms with Gasteiger partial charge in [-0.2, -0.15) is 0 Å². The molecule has 0 radical (unpaired) electrons. The van der Waals surface area contributed by atoms with E-state index in [9.17, 15) is 9.60 Å². The van der Waals surface area contributed by atoms with Crippen LogP contribution in [0.25, 0.3) is 88.7 Å². The molecule has 11 aromatic carbocycles. The number of fused-ring (bicyclic) bond motifs is 1. The third-order valence-corrected chi connectivity index (χ3v) is 11.9. The summed E-state index contributed by atoms with van der Waals surface area (Å²) in [5.41, 5.74) is 10.7. The van der Waals surface area contributed by atoms with Gasteiger partial charge in [-0.25, -0.2) is 0 Å². The van der Waals surface area contributed by atoms with E-state index in [1.165, 1.54) is 0 Å². The third-order valence-electron chi connectivity index (χ3n) is 11.9. The first kappa shape index (κ1) is 32.2. The number of hydrogen-bond donors (Lipinski definition) is 0. The SMILES string of the molecule is [2H]c1c([2H])c(N(c2ccc(-c3ccc(-c4ccccc4)c(-c4ccccc4)c3)cc2)c2c([2H])c([2H])c(-c3ccc4ccccc4c3-c3ccccc3)c([2H])c2[2H])c(-c2ccccc2)c([2H])c1-c1ccccc1. The minimum Gasteiger partial charge on any atom is -0.310 e. The van der Waals surface area contributed by atoms with Crippen molar-refractivity contribution in [3.8, 4) is 77.9 Å². The minimum absolute atomic E-state index is 0.00694. The smallest absolute Gasteiger partial charge is 0.0645 e. The Morgan fingerprint density at radius 3 is 1.38 bits per heavy atom. The second kappa shape index (κ2) is 17.7. The fourth-order valence-electron chi connectivity index (χ4n) is 8.70. The molecular weight excluding hydrogens is 783 g/mol. The topological polar surface area (TPSA) is 3.24 Å². The van der Waals surface area contributed by atoms with E-state index in [1.807, 2.05) is 188 Å². The average molecular weight is 835 g/mol. The Balaban J connectivity index is 1.16. The van der Waals surface area contributed by atoms with Crippen molar-refractivity contribution in [2.45, 2.75) is 0 Å². The zero-order chi connectivity index (χ0) is 49.5. The predicted octanol–water partition coefficient (Wildman–Crippen LogP) is 18.0. The van der Waals surface area contributed by atoms with Gasteiger partial charge in [-0.05, 0) is 125 Å². The Labute approximate surface area is 391 Å². The van der Waals surface area contributed by atoms with E-state index in [0.29, 0.717) is 27.9 Å². The monoisotopic (exact) mass is 834 g/mol. The molecule has 0 saturated heterocycles. The normalized spacial score (nSPS) is 12.6. The van der Waals surface area contributed by atoms with Crippen LogP contribution < -0.4 is 4.90 Å². The fraction of sp³-hybridized carbons (Fsp3) is 0. The van der Waals surface area contributed by atoms with Gasteiger partial charge >= 0.3 is 0 Å². The van der Waals surface area contributed by atoms with E-state index >= 15 is 0 Å². The summed E-state index contributed by atoms with van der Waals surface area (Å²) in [6.07, 6.45) is 0. The van der Waals surface area contributed by atoms with Gasteiger partial charge < -0.3 is 4.90 Å². The molecule has 0 aliphatic rings. The van der Waals surface area contributed by atoms with Crippen molar-refractivity contribution in [1.29, 1.82) is 0 Å². The first-order valence-electron chi connectivity index (χ1n) is 25.3. The Morgan fingerprint density at radius 1 is 0.277 bits per heavy atom. The van der Waals surface area contributed by atoms with Crippen LogP contribution in [0.15, 0.2) is 273 Å². The molecule has 0 saturated carbocycles. The molecule has 0 heterocycles. The van der Waals surface area contributed by atoms with Crippen LogP contribution in [0, 0.1) is 0 Å². The molecule has 0 fully saturated rings. The van der Waals surface area contributed by atoms with Crippen LogP contribution in [0.4, 0.5) is 17.1 Å². The first-order valence-corrected chi connectivity index (χ1v) is 21.8. The second-order valence-corrected chi connectivity index (χ2v) is 15.9. The summed E-state index contributed by atoms with van der Waals surface area (Å²) in [5, 5.41) is 1.88. The lowest BCUT2D eigenvalue weighted by Crippen LogP contribution is -2.11. The van der Waals surface area contributed by atoms with Crippen molar-refractivity contribution < 1.29 is 9.60 Å². The van der Waals surface area contributed by atoms with E-state index in [2.05, 4.69) is 42.5 Å². The molecule has 11 rings (SSSR count). The highest BCUT2D eigenvalue weighted by atomic mass is 15.1. The van der Waals surface area contributed by atoms with E-state index in [0.717, 1.165) is 55.3 Å². The van der Waals surface area contributed by atoms with Crippen LogP contribution in [-0.4, -0.2) is 0 Å². The lowest BCUT2D eigenvalue weighted by molar-refractivity contribution is 1.28. The molecule has 1 heteroatoms. The molecule has 0 aliphatic heterocycles. The van der Waals surface area contributed by atoms with Crippen molar-refractivity contribution in [1.82, 2.24) is 0 Å². The Bertz CT molecular complexity index is 3760. The van der Waals surface area contributed by atoms with E-state index < -0.39 is 0 Å². The Morgan fingerprint density at radius 2 is 0.754 bits per heavy atom. The number of benzene rings is 11. The maximum absolute atomic E-state index is 10.0. The van der Waals surface area contributed by atoms with Crippen LogP contribution in [0.5, 0.6) is 0 Å². The van der Waals surface area contributed by atoms with Gasteiger partial charge in [0.05, 0.1) is 15.3 Å². The summed E-state index contributed by atoms with van der Waals surface area (Å²) >= 11 is 0. The standard InChI is InChI=1S/C64H45N/c1-6-18-46(19-7-1)55-36-43-63(62(45-55)50-24-12-4-13-25-50)65(57-39-32-52(33-40-57)60-42-34-51-26-16-17-29-59(51)64(60)53-27-14-5-15-28-53)56-37-30-47(31-38-56)54-35-41-58(48-20-8-2-9-21-48)61(44-54)49-22-10-3-11-23-49/h1-45H/i32D,33D,36D,39D,40D,43D,45D. The number of nitrogens with zero attached hydrogens (tertiary/aromatic N) is 1. The first-order chi connectivity index (χ1) is 35.2. The predicted molar refractivity (Wildman–Crippen MR) is 277 cm³/mol. The molecular formula is C64H45N. The Hall–Kier alpha value is -8.52. The maximum Gasteiger partial charge on any atom is 0.0645 e. The van der Waals surface area contributed by atoms with Crippen LogP contribution in [0.1, 0.15) is 9.60 Å². The van der Waals surface area contributed by atoms with E-state index in [4.69, 9.17) is 0 Å². The summed E-state index contributed by atoms with van der Waals surface area (Å²) in [5.74, 6) is 0. The molecule has 0 unspecified atom stereocenters. The summed E-state index contributed by atoms with van der Waals surface area (Å²) < 4.78 is 69.3. The summed E-state index contributed by atoms with van der Waals surface area (Å²) in [4.78, 5) is 1.57. The highest BCUT2D eigenvalue weighted by molar-refractivity contribution is 6.04. The van der Waals surface area contributed by atoms with Crippen molar-refractivity contribution >= 4 is 27.8 Å². The molecule has 0 spiro atoms. The van der Waals surface area contributed by atoms with Crippen LogP contribution in [0.2, 0.25) is 0 Å². The van der Waals surface area contributed by atoms with Gasteiger partial charge in [0.1, 0.15) is 0 Å². The quantitative estimate of drug-likeness (QED) is 0.133. The van der Waals surface area contributed by atoms with Crippen LogP contribution in [-0.2, 0) is 0 Å². The van der Waals surface area contributed by atoms with Crippen molar-refractivity contribution in [3.63, 3.8) is 0 Å². The lowest BCUT2D eigenvalue weighted by Gasteiger charge is -2.29. The van der Waals surface area contributed by atoms with Gasteiger partial charge in [-0.3, -0.25) is 0 Å². The molecule has 11 aromatic rings. The number of hydrogen-bond acceptors (Lipinski definition) is 1. The molecule has 0 bridgehead atoms. The average Bonchev–Trinajstić information content (AvgIpc) is 3.44. The fourth-order valence-corrected chi connectivity index (χ4v) is 8.70. The molecule has 0 atom stereocenters. The zero-order valence-corrected chi connectivity index (χ0v) is 35.4. The Kier molecular flexibility index (Phi) is 8.76. The van der Waals surface area contributed by atoms with Gasteiger partial charge in [0, 0.05) is 16.9 Å². The molecule has 0 aliphatic carbocycles. The summed E-state index contributed by atoms with van der Waals surface area (Å²) in [6.45, 7) is 0. The summed E-state index contributed by atoms with van der Waals surface area (Å²) in [6, 6.07) is 72.9. The lowest BCUT2D eigenvalue weighted by atomic mass is 9.89. The molecule has 306 valence electrons. The van der Waals surface area contributed by atoms with Gasteiger partial charge in [-0.1, -0.05) is 230 Å². The van der Waals surface area contributed by atoms with Crippen molar-refractivity contribution in [2.75, 3.05) is 4.90 Å². The highest BCUT2D eigenvalue weighted by Gasteiger charge is 2.20. The van der Waals surface area contributed by atoms with Crippen LogP contribution in [0.3, 0.4) is 0 Å². The largest absolute Gasteiger partial charge is 0.310 e. The molecule has 0 N–H and O–H groups in total. The van der Waals surface area contributed by atoms with Gasteiger partial charge in [0.25, 0.3) is 0 Å². The van der Waals surface area contributed by atoms with E-state index in [-0.39, 0.29) is 64.8 Å². The third kappa shape index (κ3) is 7.93. The van der Waals surface area contributed by atoms with Gasteiger partial charge in [0.15, 0.2) is 0 Å². The molecule has 0 amide bonds. The number of rotatable bonds is 10. The van der Waals surface area contributed by atoms with Crippen LogP contribution >= 0.6 is 0 Å². The number of anilines is 3. The summed E-state index contributed by atoms with van der Waals surface area (Å²) in [7, 11) is 0. The van der Waals surface area contributed by atoms with Crippen molar-refractivity contribution in [2.24, 2.45) is 0 Å². The molecule has 65 heavy (non-hydrogen) atoms. The second-order valence-electron chi connectivity index (χ2n) is 15.9. The maximum atomic E-state index is 10.0. The van der Waals surface area contributed by atoms with Gasteiger partial charge in [0.2, 0.25) is 0 Å². The van der Waals surface area contributed by atoms with Gasteiger partial charge in [-0.15, -0.1) is 0 Å². The highest BCUT2D eigenvalue weighted by Crippen LogP contribution is 2.45. The van der Waals surface area contributed by atoms with E-state index in [1.54, 1.807) is 4.90 Å².